The molecule has 0 spiro atoms. The average Bonchev–Trinajstić information content (AvgIpc) is 2.73. The van der Waals surface area contributed by atoms with Crippen molar-refractivity contribution >= 4 is 39.1 Å². The summed E-state index contributed by atoms with van der Waals surface area (Å²) in [6, 6.07) is 1.52. The van der Waals surface area contributed by atoms with Crippen LogP contribution in [0, 0.1) is 6.92 Å². The molecule has 0 aliphatic carbocycles. The molecule has 18 heavy (non-hydrogen) atoms. The van der Waals surface area contributed by atoms with Crippen LogP contribution in [0.15, 0.2) is 22.2 Å². The minimum Gasteiger partial charge on any atom is -0.478 e. The van der Waals surface area contributed by atoms with Gasteiger partial charge in [-0.1, -0.05) is 0 Å². The van der Waals surface area contributed by atoms with E-state index < -0.39 is 5.97 Å². The summed E-state index contributed by atoms with van der Waals surface area (Å²) in [6.07, 6.45) is 1.56. The van der Waals surface area contributed by atoms with Crippen LogP contribution in [-0.4, -0.2) is 21.0 Å². The van der Waals surface area contributed by atoms with Crippen molar-refractivity contribution in [3.63, 3.8) is 0 Å². The van der Waals surface area contributed by atoms with Gasteiger partial charge in [-0.25, -0.2) is 14.8 Å². The molecule has 2 N–H and O–H groups in total. The lowest BCUT2D eigenvalue weighted by molar-refractivity contribution is 0.0697. The Balaban J connectivity index is 2.19. The quantitative estimate of drug-likeness (QED) is 0.903. The maximum Gasteiger partial charge on any atom is 0.339 e. The van der Waals surface area contributed by atoms with E-state index in [-0.39, 0.29) is 5.56 Å². The van der Waals surface area contributed by atoms with E-state index in [1.165, 1.54) is 17.4 Å². The highest BCUT2D eigenvalue weighted by Gasteiger charge is 2.12. The van der Waals surface area contributed by atoms with Crippen molar-refractivity contribution in [1.82, 2.24) is 9.97 Å². The van der Waals surface area contributed by atoms with Gasteiger partial charge in [-0.15, -0.1) is 11.3 Å². The molecule has 94 valence electrons. The largest absolute Gasteiger partial charge is 0.478 e. The number of thiazole rings is 1. The lowest BCUT2D eigenvalue weighted by atomic mass is 10.2. The van der Waals surface area contributed by atoms with E-state index in [0.717, 1.165) is 10.6 Å². The zero-order valence-electron chi connectivity index (χ0n) is 9.48. The predicted octanol–water partition coefficient (Wildman–Crippen LogP) is 2.92. The van der Waals surface area contributed by atoms with Crippen molar-refractivity contribution in [1.29, 1.82) is 0 Å². The predicted molar refractivity (Wildman–Crippen MR) is 73.1 cm³/mol. The molecule has 0 aliphatic rings. The molecule has 7 heteroatoms. The molecule has 2 aromatic rings. The molecule has 2 rings (SSSR count). The highest BCUT2D eigenvalue weighted by Crippen LogP contribution is 2.20. The number of pyridine rings is 1. The summed E-state index contributed by atoms with van der Waals surface area (Å²) in [6.45, 7) is 2.44. The number of rotatable bonds is 4. The number of halogens is 1. The first-order valence-corrected chi connectivity index (χ1v) is 6.77. The Morgan fingerprint density at radius 2 is 2.33 bits per heavy atom. The molecule has 0 radical (unpaired) electrons. The molecule has 0 amide bonds. The second-order valence-corrected chi connectivity index (χ2v) is 5.42. The van der Waals surface area contributed by atoms with Crippen LogP contribution >= 0.6 is 27.3 Å². The number of hydrogen-bond donors (Lipinski definition) is 2. The van der Waals surface area contributed by atoms with Gasteiger partial charge in [-0.3, -0.25) is 0 Å². The molecule has 0 bridgehead atoms. The molecule has 0 saturated carbocycles. The number of carboxylic acids is 1. The summed E-state index contributed by atoms with van der Waals surface area (Å²) in [5.41, 5.74) is 2.85. The van der Waals surface area contributed by atoms with Gasteiger partial charge in [0.05, 0.1) is 17.7 Å². The van der Waals surface area contributed by atoms with Crippen molar-refractivity contribution in [3.05, 3.63) is 38.4 Å². The lowest BCUT2D eigenvalue weighted by Crippen LogP contribution is -2.08. The Bertz CT molecular complexity index is 585. The van der Waals surface area contributed by atoms with Crippen LogP contribution in [-0.2, 0) is 6.54 Å². The maximum atomic E-state index is 11.1. The zero-order chi connectivity index (χ0) is 13.1. The smallest absolute Gasteiger partial charge is 0.339 e. The molecule has 0 atom stereocenters. The highest BCUT2D eigenvalue weighted by molar-refractivity contribution is 9.10. The fourth-order valence-electron chi connectivity index (χ4n) is 1.40. The molecule has 0 aliphatic heterocycles. The molecule has 2 aromatic heterocycles. The topological polar surface area (TPSA) is 75.1 Å². The Morgan fingerprint density at radius 3 is 2.94 bits per heavy atom. The van der Waals surface area contributed by atoms with Crippen molar-refractivity contribution < 1.29 is 9.90 Å². The molecule has 5 nitrogen and oxygen atoms in total. The van der Waals surface area contributed by atoms with E-state index in [4.69, 9.17) is 5.11 Å². The first-order valence-electron chi connectivity index (χ1n) is 5.09. The number of aryl methyl sites for hydroxylation is 1. The highest BCUT2D eigenvalue weighted by atomic mass is 79.9. The van der Waals surface area contributed by atoms with Gasteiger partial charge in [0.25, 0.3) is 0 Å². The summed E-state index contributed by atoms with van der Waals surface area (Å²) in [5, 5.41) is 12.1. The summed E-state index contributed by atoms with van der Waals surface area (Å²) < 4.78 is 0.638. The zero-order valence-corrected chi connectivity index (χ0v) is 11.9. The molecule has 2 heterocycles. The molecule has 0 saturated heterocycles. The third-order valence-electron chi connectivity index (χ3n) is 2.35. The second-order valence-electron chi connectivity index (χ2n) is 3.57. The first-order chi connectivity index (χ1) is 8.58. The molecule has 0 fully saturated rings. The van der Waals surface area contributed by atoms with E-state index in [2.05, 4.69) is 31.2 Å². The van der Waals surface area contributed by atoms with Crippen LogP contribution in [0.5, 0.6) is 0 Å². The van der Waals surface area contributed by atoms with E-state index in [1.54, 1.807) is 11.7 Å². The maximum absolute atomic E-state index is 11.1. The molecular formula is C11H10BrN3O2S. The minimum atomic E-state index is -1.01. The minimum absolute atomic E-state index is 0.145. The number of aromatic nitrogens is 2. The van der Waals surface area contributed by atoms with Crippen molar-refractivity contribution in [2.45, 2.75) is 13.5 Å². The van der Waals surface area contributed by atoms with Gasteiger partial charge in [-0.2, -0.15) is 0 Å². The van der Waals surface area contributed by atoms with E-state index in [1.807, 2.05) is 6.92 Å². The number of hydrogen-bond acceptors (Lipinski definition) is 5. The van der Waals surface area contributed by atoms with Gasteiger partial charge in [0.15, 0.2) is 0 Å². The Labute approximate surface area is 116 Å². The summed E-state index contributed by atoms with van der Waals surface area (Å²) in [4.78, 5) is 20.4. The Hall–Kier alpha value is -1.47. The Morgan fingerprint density at radius 1 is 1.56 bits per heavy atom. The first kappa shape index (κ1) is 13.0. The third kappa shape index (κ3) is 2.85. The van der Waals surface area contributed by atoms with Crippen LogP contribution in [0.3, 0.4) is 0 Å². The number of carboxylic acid groups (broad SMARTS) is 1. The van der Waals surface area contributed by atoms with Crippen LogP contribution in [0.1, 0.15) is 20.9 Å². The summed E-state index contributed by atoms with van der Waals surface area (Å²) >= 11 is 4.73. The number of aromatic carboxylic acids is 1. The van der Waals surface area contributed by atoms with Crippen LogP contribution < -0.4 is 5.32 Å². The third-order valence-corrected chi connectivity index (χ3v) is 3.71. The van der Waals surface area contributed by atoms with E-state index in [9.17, 15) is 4.79 Å². The van der Waals surface area contributed by atoms with Gasteiger partial charge < -0.3 is 10.4 Å². The van der Waals surface area contributed by atoms with Crippen molar-refractivity contribution in [2.24, 2.45) is 0 Å². The SMILES string of the molecule is Cc1ncsc1CNc1ncc(Br)cc1C(=O)O. The van der Waals surface area contributed by atoms with Gasteiger partial charge in [-0.05, 0) is 28.9 Å². The van der Waals surface area contributed by atoms with Gasteiger partial charge in [0, 0.05) is 15.5 Å². The monoisotopic (exact) mass is 327 g/mol. The number of anilines is 1. The fraction of sp³-hybridized carbons (Fsp3) is 0.182. The summed E-state index contributed by atoms with van der Waals surface area (Å²) in [5.74, 6) is -0.647. The van der Waals surface area contributed by atoms with Crippen LogP contribution in [0.4, 0.5) is 5.82 Å². The molecule has 0 unspecified atom stereocenters. The standard InChI is InChI=1S/C11H10BrN3O2S/c1-6-9(18-5-15-6)4-14-10-8(11(16)17)2-7(12)3-13-10/h2-3,5H,4H2,1H3,(H,13,14)(H,16,17). The average molecular weight is 328 g/mol. The summed E-state index contributed by atoms with van der Waals surface area (Å²) in [7, 11) is 0. The lowest BCUT2D eigenvalue weighted by Gasteiger charge is -2.08. The van der Waals surface area contributed by atoms with Crippen molar-refractivity contribution in [3.8, 4) is 0 Å². The van der Waals surface area contributed by atoms with Crippen LogP contribution in [0.25, 0.3) is 0 Å². The van der Waals surface area contributed by atoms with Gasteiger partial charge in [0.1, 0.15) is 11.4 Å². The van der Waals surface area contributed by atoms with Gasteiger partial charge in [0.2, 0.25) is 0 Å². The second kappa shape index (κ2) is 5.45. The number of nitrogens with zero attached hydrogens (tertiary/aromatic N) is 2. The number of carbonyl (C=O) groups is 1. The number of nitrogens with one attached hydrogen (secondary N) is 1. The van der Waals surface area contributed by atoms with E-state index in [0.29, 0.717) is 16.8 Å². The molecular weight excluding hydrogens is 318 g/mol. The van der Waals surface area contributed by atoms with Gasteiger partial charge >= 0.3 is 5.97 Å². The fourth-order valence-corrected chi connectivity index (χ4v) is 2.45. The van der Waals surface area contributed by atoms with Crippen LogP contribution in [0.2, 0.25) is 0 Å². The molecule has 0 aromatic carbocycles. The van der Waals surface area contributed by atoms with Crippen molar-refractivity contribution in [2.75, 3.05) is 5.32 Å². The normalized spacial score (nSPS) is 10.3. The van der Waals surface area contributed by atoms with E-state index >= 15 is 0 Å². The Kier molecular flexibility index (Phi) is 3.93.